The molecule has 2 aliphatic heterocycles. The van der Waals surface area contributed by atoms with E-state index in [1.807, 2.05) is 0 Å². The predicted octanol–water partition coefficient (Wildman–Crippen LogP) is 3.20. The van der Waals surface area contributed by atoms with Crippen LogP contribution in [0.4, 0.5) is 13.2 Å². The summed E-state index contributed by atoms with van der Waals surface area (Å²) in [5.74, 6) is -2.87. The van der Waals surface area contributed by atoms with Gasteiger partial charge in [-0.25, -0.2) is 22.5 Å². The summed E-state index contributed by atoms with van der Waals surface area (Å²) in [6, 6.07) is 4.74. The van der Waals surface area contributed by atoms with E-state index in [1.54, 1.807) is 0 Å². The van der Waals surface area contributed by atoms with E-state index in [-0.39, 0.29) is 22.9 Å². The van der Waals surface area contributed by atoms with Crippen molar-refractivity contribution in [2.45, 2.75) is 62.7 Å². The maximum absolute atomic E-state index is 14.3. The zero-order valence-electron chi connectivity index (χ0n) is 19.0. The van der Waals surface area contributed by atoms with E-state index in [9.17, 15) is 27.6 Å². The fourth-order valence-electron chi connectivity index (χ4n) is 5.55. The van der Waals surface area contributed by atoms with Crippen LogP contribution >= 0.6 is 0 Å². The molecule has 7 nitrogen and oxygen atoms in total. The number of hydrogen-bond acceptors (Lipinski definition) is 4. The zero-order chi connectivity index (χ0) is 24.9. The van der Waals surface area contributed by atoms with Crippen LogP contribution in [0.25, 0.3) is 10.9 Å². The van der Waals surface area contributed by atoms with Crippen molar-refractivity contribution in [1.82, 2.24) is 20.2 Å². The number of rotatable bonds is 6. The summed E-state index contributed by atoms with van der Waals surface area (Å²) >= 11 is 0. The molecule has 0 saturated carbocycles. The Morgan fingerprint density at radius 3 is 2.46 bits per heavy atom. The normalized spacial score (nSPS) is 22.9. The Labute approximate surface area is 198 Å². The molecule has 1 amide bonds. The molecule has 2 aliphatic rings. The van der Waals surface area contributed by atoms with Gasteiger partial charge < -0.3 is 15.6 Å². The summed E-state index contributed by atoms with van der Waals surface area (Å²) in [6.07, 6.45) is 3.61. The first kappa shape index (κ1) is 23.3. The highest BCUT2D eigenvalue weighted by Gasteiger charge is 2.47. The van der Waals surface area contributed by atoms with Gasteiger partial charge in [0.15, 0.2) is 0 Å². The lowest BCUT2D eigenvalue weighted by Gasteiger charge is -2.31. The van der Waals surface area contributed by atoms with Crippen LogP contribution in [0, 0.1) is 17.5 Å². The van der Waals surface area contributed by atoms with Gasteiger partial charge in [0, 0.05) is 23.2 Å². The molecule has 3 N–H and O–H groups in total. The fourth-order valence-corrected chi connectivity index (χ4v) is 5.55. The minimum Gasteiger partial charge on any atom is -0.348 e. The Balaban J connectivity index is 1.55. The molecule has 2 bridgehead atoms. The Hall–Kier alpha value is -3.40. The molecule has 35 heavy (non-hydrogen) atoms. The molecule has 5 rings (SSSR count). The van der Waals surface area contributed by atoms with E-state index in [1.165, 1.54) is 19.1 Å². The average Bonchev–Trinajstić information content (AvgIpc) is 3.40. The average molecular weight is 486 g/mol. The van der Waals surface area contributed by atoms with Crippen LogP contribution in [0.2, 0.25) is 0 Å². The molecule has 10 heteroatoms. The fraction of sp³-hybridized carbons (Fsp3) is 0.400. The van der Waals surface area contributed by atoms with Crippen LogP contribution < -0.4 is 21.9 Å². The summed E-state index contributed by atoms with van der Waals surface area (Å²) in [4.78, 5) is 42.5. The Morgan fingerprint density at radius 1 is 1.11 bits per heavy atom. The maximum atomic E-state index is 14.3. The van der Waals surface area contributed by atoms with Gasteiger partial charge in [-0.15, -0.1) is 0 Å². The molecule has 2 aromatic carbocycles. The van der Waals surface area contributed by atoms with Crippen molar-refractivity contribution >= 4 is 16.8 Å². The number of aromatic nitrogens is 2. The van der Waals surface area contributed by atoms with Crippen LogP contribution in [0.15, 0.2) is 46.0 Å². The van der Waals surface area contributed by atoms with Gasteiger partial charge in [0.2, 0.25) is 5.91 Å². The van der Waals surface area contributed by atoms with Gasteiger partial charge in [-0.2, -0.15) is 0 Å². The first-order valence-electron chi connectivity index (χ1n) is 11.6. The number of carbonyl (C=O) groups excluding carboxylic acids is 1. The van der Waals surface area contributed by atoms with Crippen LogP contribution in [0.3, 0.4) is 0 Å². The van der Waals surface area contributed by atoms with E-state index in [2.05, 4.69) is 15.6 Å². The monoisotopic (exact) mass is 486 g/mol. The van der Waals surface area contributed by atoms with Crippen molar-refractivity contribution in [3.05, 3.63) is 80.3 Å². The highest BCUT2D eigenvalue weighted by molar-refractivity contribution is 5.82. The topological polar surface area (TPSA) is 96.0 Å². The number of H-pyrrole nitrogens is 1. The molecule has 3 aromatic rings. The lowest BCUT2D eigenvalue weighted by molar-refractivity contribution is -0.126. The Morgan fingerprint density at radius 2 is 1.80 bits per heavy atom. The third kappa shape index (κ3) is 4.27. The first-order valence-corrected chi connectivity index (χ1v) is 11.6. The molecule has 0 aliphatic carbocycles. The molecule has 1 aromatic heterocycles. The molecule has 3 heterocycles. The smallest absolute Gasteiger partial charge is 0.329 e. The largest absolute Gasteiger partial charge is 0.348 e. The minimum absolute atomic E-state index is 0.0544. The third-order valence-corrected chi connectivity index (χ3v) is 7.33. The number of carbonyl (C=O) groups is 1. The second kappa shape index (κ2) is 8.67. The molecule has 2 fully saturated rings. The summed E-state index contributed by atoms with van der Waals surface area (Å²) in [6.45, 7) is 1.53. The van der Waals surface area contributed by atoms with Crippen molar-refractivity contribution in [3.63, 3.8) is 0 Å². The van der Waals surface area contributed by atoms with Gasteiger partial charge in [-0.05, 0) is 63.3 Å². The van der Waals surface area contributed by atoms with E-state index >= 15 is 0 Å². The molecule has 0 spiro atoms. The third-order valence-electron chi connectivity index (χ3n) is 7.33. The second-order valence-electron chi connectivity index (χ2n) is 9.61. The van der Waals surface area contributed by atoms with Gasteiger partial charge in [-0.3, -0.25) is 9.59 Å². The lowest BCUT2D eigenvalue weighted by atomic mass is 9.82. The second-order valence-corrected chi connectivity index (χ2v) is 9.61. The van der Waals surface area contributed by atoms with Gasteiger partial charge >= 0.3 is 5.69 Å². The van der Waals surface area contributed by atoms with Crippen LogP contribution in [-0.2, 0) is 4.79 Å². The standard InChI is InChI=1S/C25H25F3N4O3/c1-13(17-4-2-15(27)11-19(17)28)29-22(33)21(12-25-8-6-16(31-25)7-9-25)32-23(34)18-10-14(26)3-5-20(18)30-24(32)35/h2-5,10-11,13,16,21,31H,6-9,12H2,1H3,(H,29,33)(H,30,35)/t13-,16?,21+,25?/m0/s1. The van der Waals surface area contributed by atoms with E-state index in [0.717, 1.165) is 54.5 Å². The molecule has 0 unspecified atom stereocenters. The summed E-state index contributed by atoms with van der Waals surface area (Å²) in [5, 5.41) is 6.14. The van der Waals surface area contributed by atoms with Crippen molar-refractivity contribution in [2.75, 3.05) is 0 Å². The van der Waals surface area contributed by atoms with Crippen LogP contribution in [0.1, 0.15) is 56.7 Å². The first-order chi connectivity index (χ1) is 16.7. The lowest BCUT2D eigenvalue weighted by Crippen LogP contribution is -2.49. The number of benzene rings is 2. The number of fused-ring (bicyclic) bond motifs is 3. The van der Waals surface area contributed by atoms with Gasteiger partial charge in [0.25, 0.3) is 5.56 Å². The van der Waals surface area contributed by atoms with Crippen LogP contribution in [-0.4, -0.2) is 27.0 Å². The van der Waals surface area contributed by atoms with E-state index in [0.29, 0.717) is 6.04 Å². The van der Waals surface area contributed by atoms with E-state index in [4.69, 9.17) is 0 Å². The van der Waals surface area contributed by atoms with Gasteiger partial charge in [-0.1, -0.05) is 6.07 Å². The SMILES string of the molecule is C[C@H](NC(=O)[C@@H](CC12CCC(CC1)N2)n1c(=O)[nH]c2ccc(F)cc2c1=O)c1ccc(F)cc1F. The number of aromatic amines is 1. The molecule has 184 valence electrons. The van der Waals surface area contributed by atoms with Crippen molar-refractivity contribution < 1.29 is 18.0 Å². The summed E-state index contributed by atoms with van der Waals surface area (Å²) in [5.41, 5.74) is -1.76. The van der Waals surface area contributed by atoms with Crippen LogP contribution in [0.5, 0.6) is 0 Å². The number of amides is 1. The van der Waals surface area contributed by atoms with Crippen molar-refractivity contribution in [2.24, 2.45) is 0 Å². The summed E-state index contributed by atoms with van der Waals surface area (Å²) < 4.78 is 42.4. The van der Waals surface area contributed by atoms with Crippen molar-refractivity contribution in [3.8, 4) is 0 Å². The van der Waals surface area contributed by atoms with E-state index < -0.39 is 52.2 Å². The summed E-state index contributed by atoms with van der Waals surface area (Å²) in [7, 11) is 0. The molecule has 0 radical (unpaired) electrons. The molecule has 2 atom stereocenters. The Bertz CT molecular complexity index is 1430. The number of halogens is 3. The highest BCUT2D eigenvalue weighted by Crippen LogP contribution is 2.42. The zero-order valence-corrected chi connectivity index (χ0v) is 19.0. The maximum Gasteiger partial charge on any atom is 0.329 e. The van der Waals surface area contributed by atoms with Gasteiger partial charge in [0.1, 0.15) is 23.5 Å². The number of nitrogens with one attached hydrogen (secondary N) is 3. The number of hydrogen-bond donors (Lipinski definition) is 3. The number of nitrogens with zero attached hydrogens (tertiary/aromatic N) is 1. The minimum atomic E-state index is -1.23. The predicted molar refractivity (Wildman–Crippen MR) is 123 cm³/mol. The molecular formula is C25H25F3N4O3. The highest BCUT2D eigenvalue weighted by atomic mass is 19.1. The molecular weight excluding hydrogens is 461 g/mol. The van der Waals surface area contributed by atoms with Crippen molar-refractivity contribution in [1.29, 1.82) is 0 Å². The molecule has 2 saturated heterocycles. The Kier molecular flexibility index (Phi) is 5.79. The van der Waals surface area contributed by atoms with Gasteiger partial charge in [0.05, 0.1) is 16.9 Å². The quantitative estimate of drug-likeness (QED) is 0.499.